The quantitative estimate of drug-likeness (QED) is 0.901. The molecule has 106 valence electrons. The number of benzene rings is 1. The lowest BCUT2D eigenvalue weighted by Crippen LogP contribution is -2.43. The van der Waals surface area contributed by atoms with Gasteiger partial charge in [0.05, 0.1) is 0 Å². The van der Waals surface area contributed by atoms with Gasteiger partial charge in [-0.3, -0.25) is 4.90 Å². The second kappa shape index (κ2) is 6.06. The monoisotopic (exact) mass is 260 g/mol. The molecule has 1 fully saturated rings. The van der Waals surface area contributed by atoms with Gasteiger partial charge < -0.3 is 5.73 Å². The molecule has 1 aromatic carbocycles. The molecule has 0 spiro atoms. The third-order valence-electron chi connectivity index (χ3n) is 4.72. The van der Waals surface area contributed by atoms with Crippen LogP contribution >= 0.6 is 0 Å². The van der Waals surface area contributed by atoms with Gasteiger partial charge in [0, 0.05) is 18.6 Å². The summed E-state index contributed by atoms with van der Waals surface area (Å²) in [6.45, 7) is 10.9. The molecule has 1 aliphatic rings. The molecule has 1 aromatic rings. The van der Waals surface area contributed by atoms with Crippen molar-refractivity contribution in [1.29, 1.82) is 0 Å². The third kappa shape index (κ3) is 3.01. The standard InChI is InChI=1S/C17H28N2/c1-12-9-14(3)16(10-13(12)2)17(11-18)19-8-6-5-7-15(19)4/h9-10,15,17H,5-8,11,18H2,1-4H3. The Bertz CT molecular complexity index is 439. The highest BCUT2D eigenvalue weighted by atomic mass is 15.2. The van der Waals surface area contributed by atoms with E-state index in [1.165, 1.54) is 48.1 Å². The second-order valence-electron chi connectivity index (χ2n) is 6.13. The van der Waals surface area contributed by atoms with Crippen LogP contribution in [0.15, 0.2) is 12.1 Å². The molecule has 1 heterocycles. The Labute approximate surface area is 118 Å². The summed E-state index contributed by atoms with van der Waals surface area (Å²) in [4.78, 5) is 2.61. The predicted molar refractivity (Wildman–Crippen MR) is 82.5 cm³/mol. The first kappa shape index (κ1) is 14.5. The average molecular weight is 260 g/mol. The molecule has 1 saturated heterocycles. The largest absolute Gasteiger partial charge is 0.329 e. The minimum absolute atomic E-state index is 0.384. The van der Waals surface area contributed by atoms with E-state index in [0.717, 1.165) is 0 Å². The Morgan fingerprint density at radius 1 is 1.16 bits per heavy atom. The number of nitrogens with two attached hydrogens (primary N) is 1. The van der Waals surface area contributed by atoms with Crippen molar-refractivity contribution in [1.82, 2.24) is 4.90 Å². The van der Waals surface area contributed by atoms with Gasteiger partial charge in [0.1, 0.15) is 0 Å². The van der Waals surface area contributed by atoms with Crippen molar-refractivity contribution in [2.45, 2.75) is 59.0 Å². The molecule has 2 atom stereocenters. The summed E-state index contributed by atoms with van der Waals surface area (Å²) in [5.41, 5.74) is 11.7. The van der Waals surface area contributed by atoms with Crippen LogP contribution in [0.25, 0.3) is 0 Å². The van der Waals surface area contributed by atoms with Crippen molar-refractivity contribution < 1.29 is 0 Å². The number of aryl methyl sites for hydroxylation is 3. The Morgan fingerprint density at radius 3 is 2.47 bits per heavy atom. The van der Waals surface area contributed by atoms with Crippen LogP contribution in [0.5, 0.6) is 0 Å². The molecule has 0 radical (unpaired) electrons. The summed E-state index contributed by atoms with van der Waals surface area (Å²) < 4.78 is 0. The number of piperidine rings is 1. The number of hydrogen-bond donors (Lipinski definition) is 1. The van der Waals surface area contributed by atoms with Crippen molar-refractivity contribution >= 4 is 0 Å². The topological polar surface area (TPSA) is 29.3 Å². The summed E-state index contributed by atoms with van der Waals surface area (Å²) in [7, 11) is 0. The Hall–Kier alpha value is -0.860. The lowest BCUT2D eigenvalue weighted by molar-refractivity contribution is 0.108. The van der Waals surface area contributed by atoms with Gasteiger partial charge in [0.15, 0.2) is 0 Å². The lowest BCUT2D eigenvalue weighted by atomic mass is 9.92. The van der Waals surface area contributed by atoms with Gasteiger partial charge in [0.25, 0.3) is 0 Å². The average Bonchev–Trinajstić information content (AvgIpc) is 2.38. The first-order valence-corrected chi connectivity index (χ1v) is 7.58. The van der Waals surface area contributed by atoms with E-state index in [2.05, 4.69) is 44.7 Å². The highest BCUT2D eigenvalue weighted by molar-refractivity contribution is 5.38. The first-order chi connectivity index (χ1) is 9.04. The molecule has 2 N–H and O–H groups in total. The predicted octanol–water partition coefficient (Wildman–Crippen LogP) is 3.49. The maximum Gasteiger partial charge on any atom is 0.0475 e. The van der Waals surface area contributed by atoms with E-state index < -0.39 is 0 Å². The van der Waals surface area contributed by atoms with Gasteiger partial charge in [0.2, 0.25) is 0 Å². The van der Waals surface area contributed by atoms with Crippen LogP contribution in [0.3, 0.4) is 0 Å². The zero-order chi connectivity index (χ0) is 14.0. The fourth-order valence-electron chi connectivity index (χ4n) is 3.37. The molecule has 19 heavy (non-hydrogen) atoms. The van der Waals surface area contributed by atoms with Crippen molar-refractivity contribution in [2.24, 2.45) is 5.73 Å². The van der Waals surface area contributed by atoms with E-state index in [9.17, 15) is 0 Å². The minimum atomic E-state index is 0.384. The zero-order valence-electron chi connectivity index (χ0n) is 12.9. The highest BCUT2D eigenvalue weighted by Crippen LogP contribution is 2.30. The van der Waals surface area contributed by atoms with Gasteiger partial charge in [-0.15, -0.1) is 0 Å². The first-order valence-electron chi connectivity index (χ1n) is 7.58. The Morgan fingerprint density at radius 2 is 1.84 bits per heavy atom. The number of nitrogens with zero attached hydrogens (tertiary/aromatic N) is 1. The molecule has 2 rings (SSSR count). The van der Waals surface area contributed by atoms with Gasteiger partial charge in [-0.05, 0) is 69.3 Å². The molecule has 0 saturated carbocycles. The molecule has 2 nitrogen and oxygen atoms in total. The molecular weight excluding hydrogens is 232 g/mol. The third-order valence-corrected chi connectivity index (χ3v) is 4.72. The van der Waals surface area contributed by atoms with E-state index in [1.807, 2.05) is 0 Å². The molecule has 0 aromatic heterocycles. The molecule has 0 amide bonds. The fraction of sp³-hybridized carbons (Fsp3) is 0.647. The highest BCUT2D eigenvalue weighted by Gasteiger charge is 2.27. The molecule has 2 unspecified atom stereocenters. The van der Waals surface area contributed by atoms with E-state index in [0.29, 0.717) is 18.6 Å². The van der Waals surface area contributed by atoms with Crippen LogP contribution in [-0.2, 0) is 0 Å². The van der Waals surface area contributed by atoms with Crippen LogP contribution in [-0.4, -0.2) is 24.0 Å². The number of likely N-dealkylation sites (tertiary alicyclic amines) is 1. The molecular formula is C17H28N2. The maximum atomic E-state index is 6.11. The van der Waals surface area contributed by atoms with Crippen molar-refractivity contribution in [3.63, 3.8) is 0 Å². The van der Waals surface area contributed by atoms with E-state index in [1.54, 1.807) is 0 Å². The van der Waals surface area contributed by atoms with Crippen LogP contribution in [0.1, 0.15) is 54.5 Å². The normalized spacial score (nSPS) is 22.5. The SMILES string of the molecule is Cc1cc(C)c(C(CN)N2CCCCC2C)cc1C. The van der Waals surface area contributed by atoms with Crippen molar-refractivity contribution in [2.75, 3.05) is 13.1 Å². The summed E-state index contributed by atoms with van der Waals surface area (Å²) >= 11 is 0. The van der Waals surface area contributed by atoms with E-state index >= 15 is 0 Å². The molecule has 0 aliphatic carbocycles. The van der Waals surface area contributed by atoms with Gasteiger partial charge >= 0.3 is 0 Å². The zero-order valence-corrected chi connectivity index (χ0v) is 12.9. The number of hydrogen-bond acceptors (Lipinski definition) is 2. The van der Waals surface area contributed by atoms with Crippen LogP contribution in [0.2, 0.25) is 0 Å². The number of rotatable bonds is 3. The van der Waals surface area contributed by atoms with Crippen molar-refractivity contribution in [3.8, 4) is 0 Å². The minimum Gasteiger partial charge on any atom is -0.329 e. The Balaban J connectivity index is 2.33. The maximum absolute atomic E-state index is 6.11. The van der Waals surface area contributed by atoms with Gasteiger partial charge in [-0.1, -0.05) is 18.6 Å². The molecule has 0 bridgehead atoms. The smallest absolute Gasteiger partial charge is 0.0475 e. The summed E-state index contributed by atoms with van der Waals surface area (Å²) in [6, 6.07) is 5.70. The van der Waals surface area contributed by atoms with Gasteiger partial charge in [-0.25, -0.2) is 0 Å². The van der Waals surface area contributed by atoms with Crippen molar-refractivity contribution in [3.05, 3.63) is 34.4 Å². The summed E-state index contributed by atoms with van der Waals surface area (Å²) in [6.07, 6.45) is 3.98. The van der Waals surface area contributed by atoms with Crippen LogP contribution in [0.4, 0.5) is 0 Å². The fourth-order valence-corrected chi connectivity index (χ4v) is 3.37. The van der Waals surface area contributed by atoms with Crippen LogP contribution in [0, 0.1) is 20.8 Å². The Kier molecular flexibility index (Phi) is 4.64. The second-order valence-corrected chi connectivity index (χ2v) is 6.13. The lowest BCUT2D eigenvalue weighted by Gasteiger charge is -2.40. The summed E-state index contributed by atoms with van der Waals surface area (Å²) in [5.74, 6) is 0. The summed E-state index contributed by atoms with van der Waals surface area (Å²) in [5, 5.41) is 0. The molecule has 1 aliphatic heterocycles. The van der Waals surface area contributed by atoms with Crippen LogP contribution < -0.4 is 5.73 Å². The van der Waals surface area contributed by atoms with Gasteiger partial charge in [-0.2, -0.15) is 0 Å². The molecule has 2 heteroatoms. The van der Waals surface area contributed by atoms with E-state index in [-0.39, 0.29) is 0 Å². The van der Waals surface area contributed by atoms with E-state index in [4.69, 9.17) is 5.73 Å².